The van der Waals surface area contributed by atoms with Gasteiger partial charge in [0.15, 0.2) is 6.10 Å². The Morgan fingerprint density at radius 2 is 1.50 bits per heavy atom. The van der Waals surface area contributed by atoms with Crippen molar-refractivity contribution in [3.8, 4) is 0 Å². The lowest BCUT2D eigenvalue weighted by Gasteiger charge is -2.23. The SMILES string of the molecule is CCC1OC(COC(=O)c2ccccc2)C(OC(=O)c2ccccc2)C1(F)F. The van der Waals surface area contributed by atoms with Gasteiger partial charge in [0.1, 0.15) is 18.8 Å². The molecule has 1 saturated heterocycles. The number of carbonyl (C=O) groups excluding carboxylic acids is 2. The molecule has 148 valence electrons. The maximum Gasteiger partial charge on any atom is 0.338 e. The van der Waals surface area contributed by atoms with Crippen molar-refractivity contribution in [2.45, 2.75) is 37.6 Å². The normalized spacial score (nSPS) is 23.2. The number of carbonyl (C=O) groups is 2. The number of esters is 2. The molecule has 1 aliphatic heterocycles. The van der Waals surface area contributed by atoms with Crippen LogP contribution >= 0.6 is 0 Å². The van der Waals surface area contributed by atoms with Gasteiger partial charge in [-0.05, 0) is 30.7 Å². The van der Waals surface area contributed by atoms with Crippen LogP contribution < -0.4 is 0 Å². The molecule has 1 fully saturated rings. The third-order valence-corrected chi connectivity index (χ3v) is 4.49. The lowest BCUT2D eigenvalue weighted by atomic mass is 10.0. The molecule has 7 heteroatoms. The zero-order chi connectivity index (χ0) is 20.1. The molecule has 2 aromatic carbocycles. The molecular formula is C21H20F2O5. The molecule has 0 radical (unpaired) electrons. The van der Waals surface area contributed by atoms with Gasteiger partial charge in [-0.2, -0.15) is 8.78 Å². The molecule has 3 atom stereocenters. The predicted octanol–water partition coefficient (Wildman–Crippen LogP) is 3.88. The zero-order valence-corrected chi connectivity index (χ0v) is 15.2. The monoisotopic (exact) mass is 390 g/mol. The van der Waals surface area contributed by atoms with Crippen LogP contribution in [-0.4, -0.2) is 42.8 Å². The first-order valence-corrected chi connectivity index (χ1v) is 8.95. The van der Waals surface area contributed by atoms with E-state index in [-0.39, 0.29) is 17.5 Å². The number of alkyl halides is 2. The largest absolute Gasteiger partial charge is 0.459 e. The molecule has 1 aliphatic rings. The summed E-state index contributed by atoms with van der Waals surface area (Å²) in [4.78, 5) is 24.4. The Balaban J connectivity index is 1.72. The van der Waals surface area contributed by atoms with Crippen LogP contribution in [0.5, 0.6) is 0 Å². The molecule has 0 saturated carbocycles. The molecule has 0 N–H and O–H groups in total. The molecule has 2 aromatic rings. The second-order valence-corrected chi connectivity index (χ2v) is 6.40. The highest BCUT2D eigenvalue weighted by molar-refractivity contribution is 5.90. The molecule has 0 spiro atoms. The van der Waals surface area contributed by atoms with E-state index in [0.717, 1.165) is 0 Å². The van der Waals surface area contributed by atoms with Gasteiger partial charge in [0.05, 0.1) is 11.1 Å². The lowest BCUT2D eigenvalue weighted by Crippen LogP contribution is -2.44. The van der Waals surface area contributed by atoms with Crippen molar-refractivity contribution < 1.29 is 32.6 Å². The number of rotatable bonds is 6. The second-order valence-electron chi connectivity index (χ2n) is 6.40. The van der Waals surface area contributed by atoms with Gasteiger partial charge in [0, 0.05) is 0 Å². The summed E-state index contributed by atoms with van der Waals surface area (Å²) in [6, 6.07) is 16.0. The molecular weight excluding hydrogens is 370 g/mol. The quantitative estimate of drug-likeness (QED) is 0.701. The fourth-order valence-electron chi connectivity index (χ4n) is 3.03. The van der Waals surface area contributed by atoms with Gasteiger partial charge in [-0.1, -0.05) is 43.3 Å². The van der Waals surface area contributed by atoms with Gasteiger partial charge in [0.25, 0.3) is 0 Å². The summed E-state index contributed by atoms with van der Waals surface area (Å²) in [5.41, 5.74) is 0.440. The van der Waals surface area contributed by atoms with E-state index in [2.05, 4.69) is 0 Å². The van der Waals surface area contributed by atoms with E-state index in [4.69, 9.17) is 14.2 Å². The van der Waals surface area contributed by atoms with Crippen molar-refractivity contribution in [2.24, 2.45) is 0 Å². The van der Waals surface area contributed by atoms with E-state index < -0.39 is 42.8 Å². The molecule has 3 unspecified atom stereocenters. The van der Waals surface area contributed by atoms with Crippen molar-refractivity contribution >= 4 is 11.9 Å². The number of ether oxygens (including phenoxy) is 3. The molecule has 3 rings (SSSR count). The molecule has 0 amide bonds. The Morgan fingerprint density at radius 1 is 0.964 bits per heavy atom. The van der Waals surface area contributed by atoms with Gasteiger partial charge in [0.2, 0.25) is 0 Å². The molecule has 0 aromatic heterocycles. The third-order valence-electron chi connectivity index (χ3n) is 4.49. The number of benzene rings is 2. The molecule has 0 aliphatic carbocycles. The fourth-order valence-corrected chi connectivity index (χ4v) is 3.03. The van der Waals surface area contributed by atoms with Crippen LogP contribution in [0, 0.1) is 0 Å². The first-order valence-electron chi connectivity index (χ1n) is 8.95. The third kappa shape index (κ3) is 4.20. The van der Waals surface area contributed by atoms with Gasteiger partial charge in [-0.25, -0.2) is 9.59 Å². The van der Waals surface area contributed by atoms with E-state index in [1.165, 1.54) is 12.1 Å². The van der Waals surface area contributed by atoms with Gasteiger partial charge < -0.3 is 14.2 Å². The Labute approximate surface area is 161 Å². The van der Waals surface area contributed by atoms with Gasteiger partial charge >= 0.3 is 17.9 Å². The van der Waals surface area contributed by atoms with E-state index in [1.807, 2.05) is 0 Å². The van der Waals surface area contributed by atoms with Crippen LogP contribution in [0.3, 0.4) is 0 Å². The van der Waals surface area contributed by atoms with Crippen LogP contribution in [0.15, 0.2) is 60.7 Å². The van der Waals surface area contributed by atoms with Crippen molar-refractivity contribution in [1.29, 1.82) is 0 Å². The number of halogens is 2. The standard InChI is InChI=1S/C21H20F2O5/c1-2-17-21(22,23)18(28-20(25)15-11-7-4-8-12-15)16(27-17)13-26-19(24)14-9-5-3-6-10-14/h3-12,16-18H,2,13H2,1H3. The highest BCUT2D eigenvalue weighted by atomic mass is 19.3. The predicted molar refractivity (Wildman–Crippen MR) is 96.3 cm³/mol. The van der Waals surface area contributed by atoms with Gasteiger partial charge in [-0.15, -0.1) is 0 Å². The minimum absolute atomic E-state index is 0.0233. The van der Waals surface area contributed by atoms with Crippen LogP contribution in [0.2, 0.25) is 0 Å². The van der Waals surface area contributed by atoms with E-state index in [9.17, 15) is 18.4 Å². The number of hydrogen-bond acceptors (Lipinski definition) is 5. The molecule has 28 heavy (non-hydrogen) atoms. The van der Waals surface area contributed by atoms with Crippen molar-refractivity contribution in [1.82, 2.24) is 0 Å². The minimum atomic E-state index is -3.40. The van der Waals surface area contributed by atoms with E-state index in [1.54, 1.807) is 55.5 Å². The van der Waals surface area contributed by atoms with E-state index >= 15 is 0 Å². The fraction of sp³-hybridized carbons (Fsp3) is 0.333. The summed E-state index contributed by atoms with van der Waals surface area (Å²) in [7, 11) is 0. The minimum Gasteiger partial charge on any atom is -0.459 e. The van der Waals surface area contributed by atoms with Crippen LogP contribution in [0.4, 0.5) is 8.78 Å². The summed E-state index contributed by atoms with van der Waals surface area (Å²) in [5.74, 6) is -4.95. The van der Waals surface area contributed by atoms with Crippen molar-refractivity contribution in [3.63, 3.8) is 0 Å². The summed E-state index contributed by atoms with van der Waals surface area (Å²) in [6.45, 7) is 1.10. The maximum atomic E-state index is 14.7. The zero-order valence-electron chi connectivity index (χ0n) is 15.2. The Bertz CT molecular complexity index is 810. The summed E-state index contributed by atoms with van der Waals surface area (Å²) >= 11 is 0. The van der Waals surface area contributed by atoms with Gasteiger partial charge in [-0.3, -0.25) is 0 Å². The highest BCUT2D eigenvalue weighted by Crippen LogP contribution is 2.40. The second kappa shape index (κ2) is 8.48. The Hall–Kier alpha value is -2.80. The molecule has 5 nitrogen and oxygen atoms in total. The Kier molecular flexibility index (Phi) is 6.04. The first-order chi connectivity index (χ1) is 13.4. The smallest absolute Gasteiger partial charge is 0.338 e. The summed E-state index contributed by atoms with van der Waals surface area (Å²) in [6.07, 6.45) is -4.52. The van der Waals surface area contributed by atoms with Crippen LogP contribution in [-0.2, 0) is 14.2 Å². The lowest BCUT2D eigenvalue weighted by molar-refractivity contribution is -0.116. The maximum absolute atomic E-state index is 14.7. The average molecular weight is 390 g/mol. The average Bonchev–Trinajstić information content (AvgIpc) is 2.96. The van der Waals surface area contributed by atoms with Crippen molar-refractivity contribution in [3.05, 3.63) is 71.8 Å². The Morgan fingerprint density at radius 3 is 2.04 bits per heavy atom. The molecule has 1 heterocycles. The topological polar surface area (TPSA) is 61.8 Å². The van der Waals surface area contributed by atoms with E-state index in [0.29, 0.717) is 0 Å². The first kappa shape index (κ1) is 19.9. The van der Waals surface area contributed by atoms with Crippen molar-refractivity contribution in [2.75, 3.05) is 6.61 Å². The summed E-state index contributed by atoms with van der Waals surface area (Å²) in [5, 5.41) is 0. The highest BCUT2D eigenvalue weighted by Gasteiger charge is 2.60. The van der Waals surface area contributed by atoms with Crippen LogP contribution in [0.1, 0.15) is 34.1 Å². The summed E-state index contributed by atoms with van der Waals surface area (Å²) < 4.78 is 45.0. The van der Waals surface area contributed by atoms with Crippen LogP contribution in [0.25, 0.3) is 0 Å². The molecule has 0 bridgehead atoms. The number of hydrogen-bond donors (Lipinski definition) is 0.